The number of hydrogen-bond donors (Lipinski definition) is 1. The van der Waals surface area contributed by atoms with E-state index in [1.54, 1.807) is 12.1 Å². The van der Waals surface area contributed by atoms with Gasteiger partial charge in [0.2, 0.25) is 5.78 Å². The number of thiazole rings is 1. The maximum atomic E-state index is 12.6. The molecule has 0 unspecified atom stereocenters. The van der Waals surface area contributed by atoms with E-state index in [4.69, 9.17) is 0 Å². The molecule has 2 aromatic heterocycles. The Kier molecular flexibility index (Phi) is 3.50. The van der Waals surface area contributed by atoms with Gasteiger partial charge in [0.05, 0.1) is 27.1 Å². The topological polar surface area (TPSA) is 88.9 Å². The third-order valence-corrected chi connectivity index (χ3v) is 4.29. The van der Waals surface area contributed by atoms with Gasteiger partial charge in [0.1, 0.15) is 0 Å². The Labute approximate surface area is 130 Å². The van der Waals surface area contributed by atoms with E-state index in [2.05, 4.69) is 9.97 Å². The predicted molar refractivity (Wildman–Crippen MR) is 84.6 cm³/mol. The van der Waals surface area contributed by atoms with E-state index >= 15 is 0 Å². The highest BCUT2D eigenvalue weighted by molar-refractivity contribution is 7.12. The number of hydrogen-bond acceptors (Lipinski definition) is 5. The summed E-state index contributed by atoms with van der Waals surface area (Å²) >= 11 is 1.26. The average molecular weight is 315 g/mol. The summed E-state index contributed by atoms with van der Waals surface area (Å²) in [6.45, 7) is 4.00. The molecule has 7 heteroatoms. The third kappa shape index (κ3) is 2.29. The van der Waals surface area contributed by atoms with Gasteiger partial charge in [0.25, 0.3) is 5.69 Å². The number of aromatic nitrogens is 2. The van der Waals surface area contributed by atoms with Crippen LogP contribution in [0.25, 0.3) is 10.9 Å². The molecule has 1 N–H and O–H groups in total. The molecule has 1 aromatic carbocycles. The lowest BCUT2D eigenvalue weighted by Crippen LogP contribution is -2.02. The smallest absolute Gasteiger partial charge is 0.279 e. The second-order valence-electron chi connectivity index (χ2n) is 5.22. The Morgan fingerprint density at radius 2 is 2.18 bits per heavy atom. The number of nitrogens with one attached hydrogen (secondary N) is 1. The van der Waals surface area contributed by atoms with E-state index < -0.39 is 4.92 Å². The molecule has 0 saturated heterocycles. The molecule has 3 aromatic rings. The van der Waals surface area contributed by atoms with Gasteiger partial charge < -0.3 is 4.98 Å². The fourth-order valence-electron chi connectivity index (χ4n) is 2.27. The van der Waals surface area contributed by atoms with Crippen LogP contribution in [0.3, 0.4) is 0 Å². The van der Waals surface area contributed by atoms with Crippen LogP contribution in [-0.4, -0.2) is 20.7 Å². The third-order valence-electron chi connectivity index (χ3n) is 3.43. The number of nitrogens with zero attached hydrogens (tertiary/aromatic N) is 2. The van der Waals surface area contributed by atoms with Gasteiger partial charge in [-0.3, -0.25) is 14.9 Å². The van der Waals surface area contributed by atoms with Crippen LogP contribution in [0.15, 0.2) is 29.8 Å². The molecule has 6 nitrogen and oxygen atoms in total. The molecule has 2 heterocycles. The van der Waals surface area contributed by atoms with Gasteiger partial charge in [0, 0.05) is 17.6 Å². The number of H-pyrrole nitrogens is 1. The summed E-state index contributed by atoms with van der Waals surface area (Å²) in [4.78, 5) is 30.6. The molecule has 0 bridgehead atoms. The molecule has 22 heavy (non-hydrogen) atoms. The fourth-order valence-corrected chi connectivity index (χ4v) is 3.20. The van der Waals surface area contributed by atoms with Crippen molar-refractivity contribution in [2.75, 3.05) is 0 Å². The average Bonchev–Trinajstić information content (AvgIpc) is 3.13. The normalized spacial score (nSPS) is 11.2. The Morgan fingerprint density at radius 3 is 2.82 bits per heavy atom. The van der Waals surface area contributed by atoms with Crippen molar-refractivity contribution in [3.8, 4) is 0 Å². The lowest BCUT2D eigenvalue weighted by atomic mass is 10.1. The van der Waals surface area contributed by atoms with Crippen molar-refractivity contribution in [1.82, 2.24) is 9.97 Å². The molecule has 0 saturated carbocycles. The largest absolute Gasteiger partial charge is 0.360 e. The van der Waals surface area contributed by atoms with Gasteiger partial charge in [-0.25, -0.2) is 4.98 Å². The molecular formula is C15H13N3O3S. The molecule has 0 radical (unpaired) electrons. The van der Waals surface area contributed by atoms with Gasteiger partial charge in [-0.15, -0.1) is 11.3 Å². The van der Waals surface area contributed by atoms with Crippen LogP contribution >= 0.6 is 11.3 Å². The zero-order chi connectivity index (χ0) is 15.9. The van der Waals surface area contributed by atoms with Crippen molar-refractivity contribution in [1.29, 1.82) is 0 Å². The summed E-state index contributed by atoms with van der Waals surface area (Å²) in [6, 6.07) is 4.69. The van der Waals surface area contributed by atoms with Crippen molar-refractivity contribution in [2.45, 2.75) is 19.8 Å². The first-order chi connectivity index (χ1) is 10.5. The van der Waals surface area contributed by atoms with Crippen LogP contribution in [0.4, 0.5) is 5.69 Å². The Morgan fingerprint density at radius 1 is 1.41 bits per heavy atom. The van der Waals surface area contributed by atoms with Gasteiger partial charge in [-0.2, -0.15) is 0 Å². The lowest BCUT2D eigenvalue weighted by molar-refractivity contribution is -0.383. The molecule has 0 aliphatic carbocycles. The van der Waals surface area contributed by atoms with Crippen LogP contribution in [0, 0.1) is 10.1 Å². The monoisotopic (exact) mass is 315 g/mol. The number of nitro groups is 1. The number of non-ortho nitro benzene ring substituents is 1. The van der Waals surface area contributed by atoms with Gasteiger partial charge >= 0.3 is 0 Å². The first kappa shape index (κ1) is 14.4. The van der Waals surface area contributed by atoms with Gasteiger partial charge in [0.15, 0.2) is 5.01 Å². The highest BCUT2D eigenvalue weighted by Gasteiger charge is 2.23. The van der Waals surface area contributed by atoms with Crippen LogP contribution in [0.5, 0.6) is 0 Å². The van der Waals surface area contributed by atoms with Crippen LogP contribution in [-0.2, 0) is 0 Å². The standard InChI is InChI=1S/C15H13N3O3S/c1-8(2)11-7-22-15(17-11)14(19)9-6-16-10-4-3-5-12(13(9)10)18(20)21/h3-8,16H,1-2H3. The minimum atomic E-state index is -0.478. The molecule has 0 amide bonds. The first-order valence-electron chi connectivity index (χ1n) is 6.73. The van der Waals surface area contributed by atoms with E-state index in [1.807, 2.05) is 19.2 Å². The number of ketones is 1. The Hall–Kier alpha value is -2.54. The fraction of sp³-hybridized carbons (Fsp3) is 0.200. The molecule has 0 aliphatic rings. The zero-order valence-corrected chi connectivity index (χ0v) is 12.8. The molecule has 0 fully saturated rings. The summed E-state index contributed by atoms with van der Waals surface area (Å²) in [7, 11) is 0. The molecule has 0 atom stereocenters. The Balaban J connectivity index is 2.13. The predicted octanol–water partition coefficient (Wildman–Crippen LogP) is 3.89. The van der Waals surface area contributed by atoms with Gasteiger partial charge in [-0.05, 0) is 12.0 Å². The maximum Gasteiger partial charge on any atom is 0.279 e. The number of carbonyl (C=O) groups excluding carboxylic acids is 1. The quantitative estimate of drug-likeness (QED) is 0.449. The SMILES string of the molecule is CC(C)c1csc(C(=O)c2c[nH]c3cccc([N+](=O)[O-])c23)n1. The number of nitro benzene ring substituents is 1. The van der Waals surface area contributed by atoms with Crippen LogP contribution < -0.4 is 0 Å². The van der Waals surface area contributed by atoms with E-state index in [0.29, 0.717) is 15.9 Å². The molecule has 0 aliphatic heterocycles. The summed E-state index contributed by atoms with van der Waals surface area (Å²) in [6.07, 6.45) is 1.51. The van der Waals surface area contributed by atoms with E-state index in [-0.39, 0.29) is 23.0 Å². The van der Waals surface area contributed by atoms with E-state index in [9.17, 15) is 14.9 Å². The van der Waals surface area contributed by atoms with E-state index in [1.165, 1.54) is 23.6 Å². The summed E-state index contributed by atoms with van der Waals surface area (Å²) in [5.41, 5.74) is 1.62. The highest BCUT2D eigenvalue weighted by Crippen LogP contribution is 2.30. The number of rotatable bonds is 4. The van der Waals surface area contributed by atoms with Gasteiger partial charge in [-0.1, -0.05) is 19.9 Å². The number of aromatic amines is 1. The minimum Gasteiger partial charge on any atom is -0.360 e. The highest BCUT2D eigenvalue weighted by atomic mass is 32.1. The van der Waals surface area contributed by atoms with Crippen LogP contribution in [0.2, 0.25) is 0 Å². The van der Waals surface area contributed by atoms with Crippen molar-refractivity contribution in [3.05, 3.63) is 56.2 Å². The zero-order valence-electron chi connectivity index (χ0n) is 12.0. The molecule has 0 spiro atoms. The molecular weight excluding hydrogens is 302 g/mol. The number of benzene rings is 1. The first-order valence-corrected chi connectivity index (χ1v) is 7.61. The van der Waals surface area contributed by atoms with Crippen molar-refractivity contribution in [2.24, 2.45) is 0 Å². The van der Waals surface area contributed by atoms with Crippen LogP contribution in [0.1, 0.15) is 40.8 Å². The second kappa shape index (κ2) is 5.34. The maximum absolute atomic E-state index is 12.6. The minimum absolute atomic E-state index is 0.0808. The lowest BCUT2D eigenvalue weighted by Gasteiger charge is -1.99. The number of fused-ring (bicyclic) bond motifs is 1. The van der Waals surface area contributed by atoms with E-state index in [0.717, 1.165) is 5.69 Å². The molecule has 3 rings (SSSR count). The molecule has 112 valence electrons. The van der Waals surface area contributed by atoms with Crippen molar-refractivity contribution in [3.63, 3.8) is 0 Å². The second-order valence-corrected chi connectivity index (χ2v) is 6.08. The summed E-state index contributed by atoms with van der Waals surface area (Å²) in [5, 5.41) is 13.7. The van der Waals surface area contributed by atoms with Crippen molar-refractivity contribution < 1.29 is 9.72 Å². The summed E-state index contributed by atoms with van der Waals surface area (Å²) in [5.74, 6) is -0.0624. The Bertz CT molecular complexity index is 879. The summed E-state index contributed by atoms with van der Waals surface area (Å²) < 4.78 is 0. The number of carbonyl (C=O) groups is 1. The van der Waals surface area contributed by atoms with Crippen molar-refractivity contribution >= 4 is 33.7 Å².